The van der Waals surface area contributed by atoms with Crippen LogP contribution in [0.2, 0.25) is 0 Å². The number of amides is 2. The van der Waals surface area contributed by atoms with Crippen molar-refractivity contribution >= 4 is 34.7 Å². The molecule has 0 radical (unpaired) electrons. The van der Waals surface area contributed by atoms with E-state index in [1.807, 2.05) is 12.3 Å². The number of aryl methyl sites for hydroxylation is 2. The summed E-state index contributed by atoms with van der Waals surface area (Å²) in [6.07, 6.45) is 3.48. The molecule has 2 N–H and O–H groups in total. The van der Waals surface area contributed by atoms with E-state index in [0.717, 1.165) is 23.5 Å². The lowest BCUT2D eigenvalue weighted by Crippen LogP contribution is -2.13. The van der Waals surface area contributed by atoms with Crippen LogP contribution in [0.3, 0.4) is 0 Å². The zero-order valence-electron chi connectivity index (χ0n) is 12.5. The largest absolute Gasteiger partial charge is 0.325 e. The van der Waals surface area contributed by atoms with Crippen molar-refractivity contribution in [2.75, 3.05) is 10.6 Å². The molecule has 0 saturated heterocycles. The van der Waals surface area contributed by atoms with E-state index in [9.17, 15) is 9.59 Å². The Balaban J connectivity index is 1.75. The van der Waals surface area contributed by atoms with Crippen LogP contribution in [0.15, 0.2) is 23.7 Å². The van der Waals surface area contributed by atoms with Crippen molar-refractivity contribution in [3.63, 3.8) is 0 Å². The maximum Gasteiger partial charge on any atom is 0.225 e. The second kappa shape index (κ2) is 7.65. The van der Waals surface area contributed by atoms with Gasteiger partial charge in [0, 0.05) is 18.7 Å². The van der Waals surface area contributed by atoms with Crippen molar-refractivity contribution in [1.82, 2.24) is 9.97 Å². The fourth-order valence-corrected chi connectivity index (χ4v) is 2.55. The molecule has 2 amide bonds. The van der Waals surface area contributed by atoms with Crippen LogP contribution in [0.4, 0.5) is 11.5 Å². The third-order valence-corrected chi connectivity index (χ3v) is 3.68. The lowest BCUT2D eigenvalue weighted by molar-refractivity contribution is -0.116. The van der Waals surface area contributed by atoms with Crippen LogP contribution in [-0.2, 0) is 16.0 Å². The van der Waals surface area contributed by atoms with E-state index in [-0.39, 0.29) is 11.8 Å². The minimum Gasteiger partial charge on any atom is -0.325 e. The lowest BCUT2D eigenvalue weighted by Gasteiger charge is -2.05. The van der Waals surface area contributed by atoms with Crippen molar-refractivity contribution in [3.8, 4) is 0 Å². The van der Waals surface area contributed by atoms with Gasteiger partial charge >= 0.3 is 0 Å². The number of thiazole rings is 1. The van der Waals surface area contributed by atoms with Gasteiger partial charge in [-0.25, -0.2) is 9.97 Å². The quantitative estimate of drug-likeness (QED) is 0.858. The van der Waals surface area contributed by atoms with Crippen LogP contribution in [0, 0.1) is 6.92 Å². The second-order valence-corrected chi connectivity index (χ2v) is 5.94. The predicted molar refractivity (Wildman–Crippen MR) is 87.0 cm³/mol. The fourth-order valence-electron chi connectivity index (χ4n) is 1.90. The van der Waals surface area contributed by atoms with E-state index < -0.39 is 0 Å². The van der Waals surface area contributed by atoms with Crippen LogP contribution >= 0.6 is 11.3 Å². The molecule has 0 aliphatic heterocycles. The van der Waals surface area contributed by atoms with Gasteiger partial charge in [0.2, 0.25) is 11.8 Å². The van der Waals surface area contributed by atoms with Crippen molar-refractivity contribution in [2.24, 2.45) is 0 Å². The Kier molecular flexibility index (Phi) is 5.60. The number of aromatic nitrogens is 2. The molecule has 6 nitrogen and oxygen atoms in total. The topological polar surface area (TPSA) is 84.0 Å². The molecule has 2 aromatic rings. The summed E-state index contributed by atoms with van der Waals surface area (Å²) in [5.41, 5.74) is 1.64. The molecule has 116 valence electrons. The van der Waals surface area contributed by atoms with Gasteiger partial charge in [-0.05, 0) is 31.9 Å². The first-order valence-corrected chi connectivity index (χ1v) is 7.85. The molecular formula is C15H18N4O2S. The number of carbonyl (C=O) groups excluding carboxylic acids is 2. The van der Waals surface area contributed by atoms with Gasteiger partial charge in [-0.3, -0.25) is 9.59 Å². The summed E-state index contributed by atoms with van der Waals surface area (Å²) in [5, 5.41) is 8.42. The normalized spacial score (nSPS) is 10.3. The Morgan fingerprint density at radius 3 is 2.68 bits per heavy atom. The minimum absolute atomic E-state index is 0.0771. The highest BCUT2D eigenvalue weighted by Crippen LogP contribution is 2.12. The number of carbonyl (C=O) groups is 2. The molecule has 0 unspecified atom stereocenters. The van der Waals surface area contributed by atoms with Gasteiger partial charge in [-0.2, -0.15) is 0 Å². The molecule has 22 heavy (non-hydrogen) atoms. The number of hydrogen-bond donors (Lipinski definition) is 2. The SMILES string of the molecule is CC(=O)Nc1ccc(NC(=O)CCCc2csc(C)n2)nc1. The molecule has 2 heterocycles. The Bertz CT molecular complexity index is 652. The Hall–Kier alpha value is -2.28. The average Bonchev–Trinajstić information content (AvgIpc) is 2.86. The average molecular weight is 318 g/mol. The van der Waals surface area contributed by atoms with Crippen molar-refractivity contribution in [2.45, 2.75) is 33.1 Å². The molecular weight excluding hydrogens is 300 g/mol. The number of nitrogens with zero attached hydrogens (tertiary/aromatic N) is 2. The molecule has 0 spiro atoms. The number of hydrogen-bond acceptors (Lipinski definition) is 5. The number of rotatable bonds is 6. The monoisotopic (exact) mass is 318 g/mol. The van der Waals surface area contributed by atoms with Gasteiger partial charge in [0.1, 0.15) is 5.82 Å². The molecule has 0 bridgehead atoms. The van der Waals surface area contributed by atoms with Crippen LogP contribution in [0.25, 0.3) is 0 Å². The summed E-state index contributed by atoms with van der Waals surface area (Å²) in [6.45, 7) is 3.40. The molecule has 2 aromatic heterocycles. The van der Waals surface area contributed by atoms with E-state index in [4.69, 9.17) is 0 Å². The highest BCUT2D eigenvalue weighted by molar-refractivity contribution is 7.09. The van der Waals surface area contributed by atoms with E-state index in [0.29, 0.717) is 17.9 Å². The van der Waals surface area contributed by atoms with Gasteiger partial charge in [0.05, 0.1) is 22.6 Å². The maximum atomic E-state index is 11.8. The molecule has 0 fully saturated rings. The molecule has 0 atom stereocenters. The summed E-state index contributed by atoms with van der Waals surface area (Å²) < 4.78 is 0. The number of nitrogens with one attached hydrogen (secondary N) is 2. The maximum absolute atomic E-state index is 11.8. The first-order valence-electron chi connectivity index (χ1n) is 6.97. The van der Waals surface area contributed by atoms with Crippen LogP contribution in [0.1, 0.15) is 30.5 Å². The lowest BCUT2D eigenvalue weighted by atomic mass is 10.2. The molecule has 0 aromatic carbocycles. The van der Waals surface area contributed by atoms with Gasteiger partial charge < -0.3 is 10.6 Å². The van der Waals surface area contributed by atoms with E-state index >= 15 is 0 Å². The zero-order chi connectivity index (χ0) is 15.9. The Labute approximate surface area is 133 Å². The molecule has 0 aliphatic carbocycles. The predicted octanol–water partition coefficient (Wildman–Crippen LogP) is 2.77. The number of pyridine rings is 1. The van der Waals surface area contributed by atoms with Gasteiger partial charge in [0.25, 0.3) is 0 Å². The fraction of sp³-hybridized carbons (Fsp3) is 0.333. The number of anilines is 2. The van der Waals surface area contributed by atoms with Gasteiger partial charge in [-0.15, -0.1) is 11.3 Å². The standard InChI is InChI=1S/C15H18N4O2S/c1-10(20)17-12-6-7-14(16-8-12)19-15(21)5-3-4-13-9-22-11(2)18-13/h6-9H,3-5H2,1-2H3,(H,17,20)(H,16,19,21). The third-order valence-electron chi connectivity index (χ3n) is 2.85. The summed E-state index contributed by atoms with van der Waals surface area (Å²) in [4.78, 5) is 31.2. The van der Waals surface area contributed by atoms with Crippen molar-refractivity contribution < 1.29 is 9.59 Å². The van der Waals surface area contributed by atoms with Crippen LogP contribution < -0.4 is 10.6 Å². The summed E-state index contributed by atoms with van der Waals surface area (Å²) in [5.74, 6) is 0.242. The molecule has 7 heteroatoms. The third kappa shape index (κ3) is 5.25. The van der Waals surface area contributed by atoms with Crippen molar-refractivity contribution in [1.29, 1.82) is 0 Å². The summed E-state index contributed by atoms with van der Waals surface area (Å²) >= 11 is 1.62. The molecule has 0 saturated carbocycles. The first-order chi connectivity index (χ1) is 10.5. The zero-order valence-corrected chi connectivity index (χ0v) is 13.4. The Morgan fingerprint density at radius 1 is 1.27 bits per heavy atom. The molecule has 2 rings (SSSR count). The second-order valence-electron chi connectivity index (χ2n) is 4.87. The first kappa shape index (κ1) is 16.1. The van der Waals surface area contributed by atoms with E-state index in [1.165, 1.54) is 13.1 Å². The van der Waals surface area contributed by atoms with Crippen LogP contribution in [0.5, 0.6) is 0 Å². The van der Waals surface area contributed by atoms with Gasteiger partial charge in [0.15, 0.2) is 0 Å². The van der Waals surface area contributed by atoms with E-state index in [1.54, 1.807) is 23.5 Å². The van der Waals surface area contributed by atoms with Gasteiger partial charge in [-0.1, -0.05) is 0 Å². The Morgan fingerprint density at radius 2 is 2.09 bits per heavy atom. The van der Waals surface area contributed by atoms with Crippen LogP contribution in [-0.4, -0.2) is 21.8 Å². The van der Waals surface area contributed by atoms with Crippen molar-refractivity contribution in [3.05, 3.63) is 34.4 Å². The highest BCUT2D eigenvalue weighted by Gasteiger charge is 2.05. The minimum atomic E-state index is -0.157. The smallest absolute Gasteiger partial charge is 0.225 e. The molecule has 0 aliphatic rings. The van der Waals surface area contributed by atoms with E-state index in [2.05, 4.69) is 20.6 Å². The summed E-state index contributed by atoms with van der Waals surface area (Å²) in [7, 11) is 0. The summed E-state index contributed by atoms with van der Waals surface area (Å²) in [6, 6.07) is 3.36. The highest BCUT2D eigenvalue weighted by atomic mass is 32.1.